The molecule has 156 valence electrons. The van der Waals surface area contributed by atoms with E-state index in [-0.39, 0.29) is 5.91 Å². The Hall–Kier alpha value is -2.28. The van der Waals surface area contributed by atoms with Crippen LogP contribution in [0.3, 0.4) is 0 Å². The number of carbonyl (C=O) groups is 1. The molecule has 0 spiro atoms. The molecule has 1 fully saturated rings. The summed E-state index contributed by atoms with van der Waals surface area (Å²) in [6.07, 6.45) is 0. The summed E-state index contributed by atoms with van der Waals surface area (Å²) in [5.41, 5.74) is 2.76. The van der Waals surface area contributed by atoms with Crippen molar-refractivity contribution in [2.45, 2.75) is 13.1 Å². The van der Waals surface area contributed by atoms with Crippen LogP contribution in [-0.2, 0) is 13.1 Å². The van der Waals surface area contributed by atoms with Gasteiger partial charge in [0.25, 0.3) is 5.91 Å². The number of hydrogen-bond donors (Lipinski definition) is 1. The molecule has 2 aromatic carbocycles. The largest absolute Gasteiger partial charge is 0.493 e. The average Bonchev–Trinajstić information content (AvgIpc) is 2.73. The van der Waals surface area contributed by atoms with Crippen molar-refractivity contribution in [1.82, 2.24) is 15.1 Å². The first-order chi connectivity index (χ1) is 14.0. The first-order valence-electron chi connectivity index (χ1n) is 9.68. The number of likely N-dealkylation sites (N-methyl/N-ethyl adjacent to an activating group) is 1. The van der Waals surface area contributed by atoms with Gasteiger partial charge in [0, 0.05) is 44.8 Å². The molecule has 0 bridgehead atoms. The number of methoxy groups -OCH3 is 2. The molecule has 1 N–H and O–H groups in total. The second-order valence-electron chi connectivity index (χ2n) is 7.28. The Kier molecular flexibility index (Phi) is 7.36. The highest BCUT2D eigenvalue weighted by atomic mass is 35.5. The molecule has 0 aliphatic carbocycles. The van der Waals surface area contributed by atoms with Crippen LogP contribution in [0, 0.1) is 0 Å². The predicted molar refractivity (Wildman–Crippen MR) is 115 cm³/mol. The molecule has 6 nitrogen and oxygen atoms in total. The maximum atomic E-state index is 12.6. The lowest BCUT2D eigenvalue weighted by Crippen LogP contribution is -2.43. The van der Waals surface area contributed by atoms with Gasteiger partial charge in [-0.3, -0.25) is 9.69 Å². The number of piperazine rings is 1. The van der Waals surface area contributed by atoms with Crippen molar-refractivity contribution in [1.29, 1.82) is 0 Å². The lowest BCUT2D eigenvalue weighted by atomic mass is 10.1. The van der Waals surface area contributed by atoms with Crippen LogP contribution < -0.4 is 14.8 Å². The van der Waals surface area contributed by atoms with E-state index >= 15 is 0 Å². The van der Waals surface area contributed by atoms with Gasteiger partial charge in [0.1, 0.15) is 0 Å². The Labute approximate surface area is 177 Å². The smallest absolute Gasteiger partial charge is 0.251 e. The van der Waals surface area contributed by atoms with Crippen LogP contribution in [-0.4, -0.2) is 63.2 Å². The van der Waals surface area contributed by atoms with Gasteiger partial charge >= 0.3 is 0 Å². The number of ether oxygens (including phenoxy) is 2. The van der Waals surface area contributed by atoms with Crippen molar-refractivity contribution in [2.24, 2.45) is 0 Å². The van der Waals surface area contributed by atoms with E-state index in [2.05, 4.69) is 34.3 Å². The van der Waals surface area contributed by atoms with Crippen LogP contribution in [0.5, 0.6) is 11.5 Å². The second-order valence-corrected chi connectivity index (χ2v) is 7.68. The van der Waals surface area contributed by atoms with Gasteiger partial charge in [0.05, 0.1) is 19.2 Å². The molecule has 1 aliphatic heterocycles. The summed E-state index contributed by atoms with van der Waals surface area (Å²) in [7, 11) is 5.19. The Bertz CT molecular complexity index is 851. The van der Waals surface area contributed by atoms with Gasteiger partial charge in [-0.2, -0.15) is 0 Å². The fraction of sp³-hybridized carbons (Fsp3) is 0.409. The molecule has 0 radical (unpaired) electrons. The number of nitrogens with zero attached hydrogens (tertiary/aromatic N) is 2. The molecule has 1 saturated heterocycles. The second kappa shape index (κ2) is 9.96. The van der Waals surface area contributed by atoms with E-state index in [1.165, 1.54) is 19.8 Å². The Morgan fingerprint density at radius 2 is 1.79 bits per heavy atom. The summed E-state index contributed by atoms with van der Waals surface area (Å²) in [5.74, 6) is 0.638. The van der Waals surface area contributed by atoms with E-state index in [1.54, 1.807) is 12.1 Å². The van der Waals surface area contributed by atoms with Crippen molar-refractivity contribution in [3.8, 4) is 11.5 Å². The van der Waals surface area contributed by atoms with Gasteiger partial charge in [-0.05, 0) is 30.3 Å². The number of benzene rings is 2. The Morgan fingerprint density at radius 1 is 1.07 bits per heavy atom. The summed E-state index contributed by atoms with van der Waals surface area (Å²) in [6.45, 7) is 5.74. The summed E-state index contributed by atoms with van der Waals surface area (Å²) >= 11 is 6.20. The van der Waals surface area contributed by atoms with Crippen molar-refractivity contribution >= 4 is 17.5 Å². The van der Waals surface area contributed by atoms with E-state index in [1.807, 2.05) is 12.1 Å². The summed E-state index contributed by atoms with van der Waals surface area (Å²) < 4.78 is 10.5. The number of amides is 1. The number of carbonyl (C=O) groups excluding carboxylic acids is 1. The molecule has 1 amide bonds. The fourth-order valence-corrected chi connectivity index (χ4v) is 3.72. The van der Waals surface area contributed by atoms with Crippen LogP contribution in [0.4, 0.5) is 0 Å². The van der Waals surface area contributed by atoms with E-state index in [4.69, 9.17) is 21.1 Å². The van der Waals surface area contributed by atoms with Crippen molar-refractivity contribution in [3.05, 3.63) is 58.1 Å². The first-order valence-corrected chi connectivity index (χ1v) is 10.1. The zero-order chi connectivity index (χ0) is 20.8. The monoisotopic (exact) mass is 417 g/mol. The molecule has 29 heavy (non-hydrogen) atoms. The van der Waals surface area contributed by atoms with Crippen LogP contribution in [0.2, 0.25) is 5.02 Å². The normalized spacial score (nSPS) is 15.2. The minimum absolute atomic E-state index is 0.211. The number of hydrogen-bond acceptors (Lipinski definition) is 5. The van der Waals surface area contributed by atoms with Crippen molar-refractivity contribution < 1.29 is 14.3 Å². The molecule has 0 unspecified atom stereocenters. The van der Waals surface area contributed by atoms with Crippen molar-refractivity contribution in [3.63, 3.8) is 0 Å². The fourth-order valence-electron chi connectivity index (χ4n) is 3.44. The lowest BCUT2D eigenvalue weighted by molar-refractivity contribution is 0.0950. The van der Waals surface area contributed by atoms with E-state index < -0.39 is 0 Å². The zero-order valence-corrected chi connectivity index (χ0v) is 18.0. The molecule has 1 heterocycles. The first kappa shape index (κ1) is 21.4. The summed E-state index contributed by atoms with van der Waals surface area (Å²) in [4.78, 5) is 17.4. The number of rotatable bonds is 7. The van der Waals surface area contributed by atoms with Gasteiger partial charge in [-0.25, -0.2) is 0 Å². The third-order valence-corrected chi connectivity index (χ3v) is 5.42. The highest BCUT2D eigenvalue weighted by Crippen LogP contribution is 2.35. The van der Waals surface area contributed by atoms with Gasteiger partial charge in [-0.1, -0.05) is 35.9 Å². The molecular weight excluding hydrogens is 390 g/mol. The highest BCUT2D eigenvalue weighted by Gasteiger charge is 2.16. The number of halogens is 1. The van der Waals surface area contributed by atoms with Gasteiger partial charge in [0.15, 0.2) is 11.5 Å². The van der Waals surface area contributed by atoms with E-state index in [0.29, 0.717) is 28.6 Å². The summed E-state index contributed by atoms with van der Waals surface area (Å²) in [5, 5.41) is 3.29. The maximum absolute atomic E-state index is 12.6. The van der Waals surface area contributed by atoms with Crippen LogP contribution >= 0.6 is 11.6 Å². The van der Waals surface area contributed by atoms with E-state index in [0.717, 1.165) is 38.3 Å². The Balaban J connectivity index is 1.61. The molecule has 3 rings (SSSR count). The molecule has 0 saturated carbocycles. The third kappa shape index (κ3) is 5.63. The minimum atomic E-state index is -0.211. The molecule has 0 aromatic heterocycles. The predicted octanol–water partition coefficient (Wildman–Crippen LogP) is 3.03. The van der Waals surface area contributed by atoms with E-state index in [9.17, 15) is 4.79 Å². The minimum Gasteiger partial charge on any atom is -0.493 e. The summed E-state index contributed by atoms with van der Waals surface area (Å²) in [6, 6.07) is 11.6. The Morgan fingerprint density at radius 3 is 2.48 bits per heavy atom. The van der Waals surface area contributed by atoms with Crippen LogP contribution in [0.1, 0.15) is 21.5 Å². The molecule has 7 heteroatoms. The number of nitrogens with one attached hydrogen (secondary N) is 1. The van der Waals surface area contributed by atoms with Crippen LogP contribution in [0.25, 0.3) is 0 Å². The SMILES string of the molecule is COc1cc(C(=O)NCc2cccc(CN3CCN(C)CC3)c2)cc(Cl)c1OC. The topological polar surface area (TPSA) is 54.0 Å². The quantitative estimate of drug-likeness (QED) is 0.750. The molecular formula is C22H28ClN3O3. The van der Waals surface area contributed by atoms with Gasteiger partial charge in [-0.15, -0.1) is 0 Å². The zero-order valence-electron chi connectivity index (χ0n) is 17.2. The molecule has 0 atom stereocenters. The standard InChI is InChI=1S/C22H28ClN3O3/c1-25-7-9-26(10-8-25)15-17-6-4-5-16(11-17)14-24-22(27)18-12-19(23)21(29-3)20(13-18)28-2/h4-6,11-13H,7-10,14-15H2,1-3H3,(H,24,27). The van der Waals surface area contributed by atoms with Crippen LogP contribution in [0.15, 0.2) is 36.4 Å². The molecule has 2 aromatic rings. The maximum Gasteiger partial charge on any atom is 0.251 e. The van der Waals surface area contributed by atoms with Crippen molar-refractivity contribution in [2.75, 3.05) is 47.4 Å². The third-order valence-electron chi connectivity index (χ3n) is 5.14. The highest BCUT2D eigenvalue weighted by molar-refractivity contribution is 6.32. The van der Waals surface area contributed by atoms with Gasteiger partial charge < -0.3 is 19.7 Å². The van der Waals surface area contributed by atoms with Gasteiger partial charge in [0.2, 0.25) is 0 Å². The molecule has 1 aliphatic rings. The lowest BCUT2D eigenvalue weighted by Gasteiger charge is -2.32. The average molecular weight is 418 g/mol.